The van der Waals surface area contributed by atoms with E-state index in [4.69, 9.17) is 10.5 Å². The number of hydrogen-bond donors (Lipinski definition) is 2. The lowest BCUT2D eigenvalue weighted by molar-refractivity contribution is 0.0850. The van der Waals surface area contributed by atoms with E-state index in [0.29, 0.717) is 6.54 Å². The van der Waals surface area contributed by atoms with Gasteiger partial charge in [0.05, 0.1) is 6.10 Å². The maximum Gasteiger partial charge on any atom is 0.277 e. The van der Waals surface area contributed by atoms with E-state index in [1.54, 1.807) is 0 Å². The van der Waals surface area contributed by atoms with Crippen LogP contribution in [-0.4, -0.2) is 35.5 Å². The van der Waals surface area contributed by atoms with E-state index in [1.807, 2.05) is 0 Å². The van der Waals surface area contributed by atoms with Crippen LogP contribution in [0.1, 0.15) is 23.3 Å². The third-order valence-corrected chi connectivity index (χ3v) is 2.24. The number of ether oxygens (including phenoxy) is 1. The third-order valence-electron chi connectivity index (χ3n) is 2.24. The van der Waals surface area contributed by atoms with Crippen LogP contribution in [0.5, 0.6) is 0 Å². The predicted molar refractivity (Wildman–Crippen MR) is 50.0 cm³/mol. The van der Waals surface area contributed by atoms with Gasteiger partial charge in [-0.2, -0.15) is 0 Å². The number of nitrogens with one attached hydrogen (secondary N) is 1. The van der Waals surface area contributed by atoms with Crippen LogP contribution in [0.2, 0.25) is 0 Å². The van der Waals surface area contributed by atoms with Crippen molar-refractivity contribution in [2.24, 2.45) is 0 Å². The molecule has 0 radical (unpaired) electrons. The van der Waals surface area contributed by atoms with Crippen molar-refractivity contribution in [2.75, 3.05) is 18.9 Å². The van der Waals surface area contributed by atoms with E-state index in [0.717, 1.165) is 19.4 Å². The second kappa shape index (κ2) is 4.26. The first kappa shape index (κ1) is 9.91. The van der Waals surface area contributed by atoms with Crippen molar-refractivity contribution in [1.82, 2.24) is 15.6 Å². The lowest BCUT2D eigenvalue weighted by atomic mass is 10.2. The molecule has 1 atom stereocenters. The number of nitrogen functional groups attached to an aromatic ring is 1. The molecule has 7 heteroatoms. The van der Waals surface area contributed by atoms with Gasteiger partial charge in [0, 0.05) is 13.2 Å². The van der Waals surface area contributed by atoms with Gasteiger partial charge in [-0.25, -0.2) is 4.63 Å². The maximum atomic E-state index is 11.5. The summed E-state index contributed by atoms with van der Waals surface area (Å²) < 4.78 is 9.67. The highest BCUT2D eigenvalue weighted by Crippen LogP contribution is 2.11. The Morgan fingerprint density at radius 1 is 1.60 bits per heavy atom. The molecule has 1 saturated heterocycles. The number of carbonyl (C=O) groups excluding carboxylic acids is 1. The van der Waals surface area contributed by atoms with Crippen molar-refractivity contribution in [2.45, 2.75) is 18.9 Å². The quantitative estimate of drug-likeness (QED) is 0.704. The Balaban J connectivity index is 1.84. The van der Waals surface area contributed by atoms with Gasteiger partial charge in [0.25, 0.3) is 5.91 Å². The number of rotatable bonds is 3. The van der Waals surface area contributed by atoms with Crippen LogP contribution in [-0.2, 0) is 4.74 Å². The molecule has 1 fully saturated rings. The second-order valence-electron chi connectivity index (χ2n) is 3.34. The highest BCUT2D eigenvalue weighted by atomic mass is 16.6. The van der Waals surface area contributed by atoms with Crippen molar-refractivity contribution in [3.8, 4) is 0 Å². The van der Waals surface area contributed by atoms with Crippen LogP contribution in [0.15, 0.2) is 4.63 Å². The van der Waals surface area contributed by atoms with Crippen LogP contribution in [0.3, 0.4) is 0 Å². The number of hydrogen-bond acceptors (Lipinski definition) is 6. The van der Waals surface area contributed by atoms with Gasteiger partial charge >= 0.3 is 0 Å². The molecule has 0 unspecified atom stereocenters. The minimum atomic E-state index is -0.385. The average molecular weight is 212 g/mol. The van der Waals surface area contributed by atoms with Crippen LogP contribution >= 0.6 is 0 Å². The molecule has 2 heterocycles. The Morgan fingerprint density at radius 2 is 2.47 bits per heavy atom. The van der Waals surface area contributed by atoms with Crippen LogP contribution in [0.4, 0.5) is 5.82 Å². The Bertz CT molecular complexity index is 345. The number of amides is 1. The molecule has 0 spiro atoms. The van der Waals surface area contributed by atoms with Crippen LogP contribution in [0, 0.1) is 0 Å². The van der Waals surface area contributed by atoms with Crippen molar-refractivity contribution in [1.29, 1.82) is 0 Å². The SMILES string of the molecule is Nc1nonc1C(=O)NC[C@H]1CCCO1. The number of nitrogens with two attached hydrogens (primary N) is 1. The molecule has 1 aromatic rings. The zero-order valence-electron chi connectivity index (χ0n) is 8.10. The fourth-order valence-electron chi connectivity index (χ4n) is 1.45. The van der Waals surface area contributed by atoms with E-state index in [9.17, 15) is 4.79 Å². The lowest BCUT2D eigenvalue weighted by Crippen LogP contribution is -2.32. The van der Waals surface area contributed by atoms with E-state index in [-0.39, 0.29) is 23.5 Å². The summed E-state index contributed by atoms with van der Waals surface area (Å²) in [4.78, 5) is 11.5. The smallest absolute Gasteiger partial charge is 0.277 e. The van der Waals surface area contributed by atoms with Gasteiger partial charge in [-0.05, 0) is 23.2 Å². The van der Waals surface area contributed by atoms with Gasteiger partial charge in [-0.1, -0.05) is 0 Å². The van der Waals surface area contributed by atoms with E-state index in [2.05, 4.69) is 20.3 Å². The summed E-state index contributed by atoms with van der Waals surface area (Å²) in [6, 6.07) is 0. The minimum Gasteiger partial charge on any atom is -0.379 e. The summed E-state index contributed by atoms with van der Waals surface area (Å²) in [7, 11) is 0. The zero-order chi connectivity index (χ0) is 10.7. The Kier molecular flexibility index (Phi) is 2.82. The van der Waals surface area contributed by atoms with E-state index >= 15 is 0 Å². The number of carbonyl (C=O) groups is 1. The maximum absolute atomic E-state index is 11.5. The number of aromatic nitrogens is 2. The third kappa shape index (κ3) is 2.24. The summed E-state index contributed by atoms with van der Waals surface area (Å²) in [5.74, 6) is -0.385. The van der Waals surface area contributed by atoms with Crippen molar-refractivity contribution in [3.05, 3.63) is 5.69 Å². The normalized spacial score (nSPS) is 20.4. The minimum absolute atomic E-state index is 0.000148. The van der Waals surface area contributed by atoms with Crippen LogP contribution < -0.4 is 11.1 Å². The molecule has 82 valence electrons. The highest BCUT2D eigenvalue weighted by molar-refractivity contribution is 5.95. The molecule has 1 aromatic heterocycles. The molecule has 1 amide bonds. The molecule has 2 rings (SSSR count). The Hall–Kier alpha value is -1.63. The molecule has 7 nitrogen and oxygen atoms in total. The fraction of sp³-hybridized carbons (Fsp3) is 0.625. The van der Waals surface area contributed by atoms with Gasteiger partial charge < -0.3 is 15.8 Å². The average Bonchev–Trinajstić information content (AvgIpc) is 2.84. The first-order chi connectivity index (χ1) is 7.27. The predicted octanol–water partition coefficient (Wildman–Crippen LogP) is -0.439. The molecular formula is C8H12N4O3. The topological polar surface area (TPSA) is 103 Å². The Labute approximate surface area is 85.9 Å². The first-order valence-corrected chi connectivity index (χ1v) is 4.75. The van der Waals surface area contributed by atoms with Gasteiger partial charge in [-0.15, -0.1) is 0 Å². The fourth-order valence-corrected chi connectivity index (χ4v) is 1.45. The van der Waals surface area contributed by atoms with E-state index in [1.165, 1.54) is 0 Å². The summed E-state index contributed by atoms with van der Waals surface area (Å²) in [5, 5.41) is 9.38. The molecule has 0 bridgehead atoms. The van der Waals surface area contributed by atoms with Crippen LogP contribution in [0.25, 0.3) is 0 Å². The van der Waals surface area contributed by atoms with Crippen molar-refractivity contribution >= 4 is 11.7 Å². The molecule has 0 aromatic carbocycles. The largest absolute Gasteiger partial charge is 0.379 e. The van der Waals surface area contributed by atoms with Gasteiger partial charge in [0.2, 0.25) is 11.5 Å². The van der Waals surface area contributed by atoms with Crippen molar-refractivity contribution in [3.63, 3.8) is 0 Å². The summed E-state index contributed by atoms with van der Waals surface area (Å²) in [5.41, 5.74) is 5.39. The number of nitrogens with zero attached hydrogens (tertiary/aromatic N) is 2. The van der Waals surface area contributed by atoms with Gasteiger partial charge in [0.1, 0.15) is 0 Å². The zero-order valence-corrected chi connectivity index (χ0v) is 8.10. The first-order valence-electron chi connectivity index (χ1n) is 4.75. The molecule has 0 aliphatic carbocycles. The molecular weight excluding hydrogens is 200 g/mol. The van der Waals surface area contributed by atoms with E-state index < -0.39 is 0 Å². The monoisotopic (exact) mass is 212 g/mol. The molecule has 1 aliphatic heterocycles. The standard InChI is InChI=1S/C8H12N4O3/c9-7-6(11-15-12-7)8(13)10-4-5-2-1-3-14-5/h5H,1-4H2,(H2,9,12)(H,10,13)/t5-/m1/s1. The summed E-state index contributed by atoms with van der Waals surface area (Å²) >= 11 is 0. The second-order valence-corrected chi connectivity index (χ2v) is 3.34. The molecule has 15 heavy (non-hydrogen) atoms. The molecule has 1 aliphatic rings. The van der Waals surface area contributed by atoms with Gasteiger partial charge in [0.15, 0.2) is 0 Å². The summed E-state index contributed by atoms with van der Waals surface area (Å²) in [6.07, 6.45) is 2.09. The molecule has 3 N–H and O–H groups in total. The van der Waals surface area contributed by atoms with Crippen molar-refractivity contribution < 1.29 is 14.2 Å². The van der Waals surface area contributed by atoms with Gasteiger partial charge in [-0.3, -0.25) is 4.79 Å². The molecule has 0 saturated carbocycles. The number of anilines is 1. The Morgan fingerprint density at radius 3 is 3.07 bits per heavy atom. The lowest BCUT2D eigenvalue weighted by Gasteiger charge is -2.09. The highest BCUT2D eigenvalue weighted by Gasteiger charge is 2.19. The summed E-state index contributed by atoms with van der Waals surface area (Å²) in [6.45, 7) is 1.22.